The van der Waals surface area contributed by atoms with E-state index in [1.165, 1.54) is 7.11 Å². The Balaban J connectivity index is 1.65. The number of fused-ring (bicyclic) bond motifs is 1. The van der Waals surface area contributed by atoms with E-state index in [-0.39, 0.29) is 5.97 Å². The second-order valence-electron chi connectivity index (χ2n) is 5.20. The quantitative estimate of drug-likeness (QED) is 0.541. The van der Waals surface area contributed by atoms with E-state index in [0.29, 0.717) is 11.5 Å². The number of oxazole rings is 1. The summed E-state index contributed by atoms with van der Waals surface area (Å²) in [7, 11) is 1.36. The van der Waals surface area contributed by atoms with Gasteiger partial charge in [0.1, 0.15) is 5.52 Å². The van der Waals surface area contributed by atoms with E-state index in [4.69, 9.17) is 9.15 Å². The number of esters is 1. The highest BCUT2D eigenvalue weighted by molar-refractivity contribution is 5.89. The summed E-state index contributed by atoms with van der Waals surface area (Å²) < 4.78 is 12.1. The van der Waals surface area contributed by atoms with Crippen molar-refractivity contribution < 1.29 is 13.9 Å². The molecule has 0 unspecified atom stereocenters. The minimum absolute atomic E-state index is 0.367. The van der Waals surface area contributed by atoms with Crippen molar-refractivity contribution in [3.63, 3.8) is 0 Å². The molecule has 6 heteroatoms. The van der Waals surface area contributed by atoms with Crippen molar-refractivity contribution in [2.75, 3.05) is 7.11 Å². The number of para-hydroxylation sites is 2. The van der Waals surface area contributed by atoms with Gasteiger partial charge in [-0.1, -0.05) is 12.1 Å². The molecule has 0 saturated carbocycles. The zero-order valence-electron chi connectivity index (χ0n) is 12.8. The van der Waals surface area contributed by atoms with Gasteiger partial charge in [-0.25, -0.2) is 14.5 Å². The summed E-state index contributed by atoms with van der Waals surface area (Å²) in [5, 5.41) is 4.33. The van der Waals surface area contributed by atoms with Crippen LogP contribution in [0.15, 0.2) is 65.3 Å². The van der Waals surface area contributed by atoms with Crippen molar-refractivity contribution in [3.8, 4) is 17.1 Å². The number of nitrogens with zero attached hydrogens (tertiary/aromatic N) is 3. The van der Waals surface area contributed by atoms with Crippen LogP contribution in [0.4, 0.5) is 0 Å². The van der Waals surface area contributed by atoms with Crippen LogP contribution in [-0.4, -0.2) is 27.8 Å². The number of hydrogen-bond donors (Lipinski definition) is 0. The van der Waals surface area contributed by atoms with Crippen molar-refractivity contribution in [1.29, 1.82) is 0 Å². The molecular weight excluding hydrogens is 306 g/mol. The Kier molecular flexibility index (Phi) is 3.35. The lowest BCUT2D eigenvalue weighted by molar-refractivity contribution is 0.0600. The Hall–Kier alpha value is -3.41. The summed E-state index contributed by atoms with van der Waals surface area (Å²) in [5.41, 5.74) is 3.64. The molecule has 0 saturated heterocycles. The molecule has 0 N–H and O–H groups in total. The van der Waals surface area contributed by atoms with Gasteiger partial charge in [0.15, 0.2) is 5.58 Å². The standard InChI is InChI=1S/C18H13N3O3/c1-23-18(22)12-6-8-14(9-7-12)21-11-13(10-19-21)17-20-15-4-2-3-5-16(15)24-17/h2-11H,1H3. The molecule has 0 spiro atoms. The lowest BCUT2D eigenvalue weighted by Gasteiger charge is -2.02. The summed E-state index contributed by atoms with van der Waals surface area (Å²) in [6, 6.07) is 14.6. The maximum Gasteiger partial charge on any atom is 0.337 e. The number of hydrogen-bond acceptors (Lipinski definition) is 5. The van der Waals surface area contributed by atoms with Crippen LogP contribution in [0.3, 0.4) is 0 Å². The number of carbonyl (C=O) groups is 1. The molecule has 4 rings (SSSR count). The number of aromatic nitrogens is 3. The highest BCUT2D eigenvalue weighted by Gasteiger charge is 2.11. The second kappa shape index (κ2) is 5.66. The maximum atomic E-state index is 11.5. The molecule has 0 atom stereocenters. The molecule has 0 amide bonds. The predicted octanol–water partition coefficient (Wildman–Crippen LogP) is 3.47. The van der Waals surface area contributed by atoms with Crippen LogP contribution in [-0.2, 0) is 4.74 Å². The molecule has 24 heavy (non-hydrogen) atoms. The highest BCUT2D eigenvalue weighted by Crippen LogP contribution is 2.24. The van der Waals surface area contributed by atoms with Gasteiger partial charge in [-0.2, -0.15) is 5.10 Å². The third kappa shape index (κ3) is 2.44. The SMILES string of the molecule is COC(=O)c1ccc(-n2cc(-c3nc4ccccc4o3)cn2)cc1. The minimum Gasteiger partial charge on any atom is -0.465 e. The minimum atomic E-state index is -0.367. The molecule has 2 aromatic carbocycles. The van der Waals surface area contributed by atoms with Gasteiger partial charge in [-0.3, -0.25) is 0 Å². The van der Waals surface area contributed by atoms with Gasteiger partial charge in [-0.15, -0.1) is 0 Å². The molecule has 0 aliphatic heterocycles. The monoisotopic (exact) mass is 319 g/mol. The van der Waals surface area contributed by atoms with Crippen molar-refractivity contribution in [3.05, 3.63) is 66.5 Å². The number of methoxy groups -OCH3 is 1. The first-order valence-electron chi connectivity index (χ1n) is 7.34. The first-order chi connectivity index (χ1) is 11.7. The molecule has 0 fully saturated rings. The highest BCUT2D eigenvalue weighted by atomic mass is 16.5. The molecule has 4 aromatic rings. The van der Waals surface area contributed by atoms with Gasteiger partial charge in [0.05, 0.1) is 30.1 Å². The molecule has 0 radical (unpaired) electrons. The number of rotatable bonds is 3. The molecular formula is C18H13N3O3. The predicted molar refractivity (Wildman–Crippen MR) is 87.9 cm³/mol. The van der Waals surface area contributed by atoms with Gasteiger partial charge in [0, 0.05) is 6.20 Å². The molecule has 0 bridgehead atoms. The number of ether oxygens (including phenoxy) is 1. The van der Waals surface area contributed by atoms with E-state index >= 15 is 0 Å². The molecule has 0 aliphatic rings. The molecule has 2 heterocycles. The van der Waals surface area contributed by atoms with Gasteiger partial charge < -0.3 is 9.15 Å². The Morgan fingerprint density at radius 2 is 1.92 bits per heavy atom. The van der Waals surface area contributed by atoms with Gasteiger partial charge in [-0.05, 0) is 36.4 Å². The lowest BCUT2D eigenvalue weighted by Crippen LogP contribution is -2.01. The zero-order chi connectivity index (χ0) is 16.5. The Morgan fingerprint density at radius 1 is 1.12 bits per heavy atom. The fourth-order valence-corrected chi connectivity index (χ4v) is 2.44. The fraction of sp³-hybridized carbons (Fsp3) is 0.0556. The average Bonchev–Trinajstić information content (AvgIpc) is 3.27. The Morgan fingerprint density at radius 3 is 2.67 bits per heavy atom. The van der Waals surface area contributed by atoms with Crippen LogP contribution in [0.25, 0.3) is 28.2 Å². The van der Waals surface area contributed by atoms with Crippen LogP contribution >= 0.6 is 0 Å². The fourth-order valence-electron chi connectivity index (χ4n) is 2.44. The second-order valence-corrected chi connectivity index (χ2v) is 5.20. The van der Waals surface area contributed by atoms with Gasteiger partial charge in [0.25, 0.3) is 0 Å². The lowest BCUT2D eigenvalue weighted by atomic mass is 10.2. The third-order valence-corrected chi connectivity index (χ3v) is 3.68. The Labute approximate surface area is 137 Å². The van der Waals surface area contributed by atoms with Gasteiger partial charge in [0.2, 0.25) is 5.89 Å². The van der Waals surface area contributed by atoms with E-state index in [0.717, 1.165) is 22.4 Å². The summed E-state index contributed by atoms with van der Waals surface area (Å²) in [6.45, 7) is 0. The van der Waals surface area contributed by atoms with Crippen molar-refractivity contribution >= 4 is 17.1 Å². The van der Waals surface area contributed by atoms with E-state index in [1.807, 2.05) is 30.5 Å². The molecule has 6 nitrogen and oxygen atoms in total. The molecule has 2 aromatic heterocycles. The van der Waals surface area contributed by atoms with Crippen molar-refractivity contribution in [1.82, 2.24) is 14.8 Å². The third-order valence-electron chi connectivity index (χ3n) is 3.68. The molecule has 0 aliphatic carbocycles. The largest absolute Gasteiger partial charge is 0.465 e. The number of benzene rings is 2. The van der Waals surface area contributed by atoms with Crippen LogP contribution in [0.5, 0.6) is 0 Å². The van der Waals surface area contributed by atoms with Gasteiger partial charge >= 0.3 is 5.97 Å². The summed E-state index contributed by atoms with van der Waals surface area (Å²) >= 11 is 0. The van der Waals surface area contributed by atoms with E-state index in [2.05, 4.69) is 10.1 Å². The van der Waals surface area contributed by atoms with Crippen LogP contribution in [0.1, 0.15) is 10.4 Å². The topological polar surface area (TPSA) is 70.2 Å². The molecule has 118 valence electrons. The Bertz CT molecular complexity index is 982. The van der Waals surface area contributed by atoms with E-state index in [9.17, 15) is 4.79 Å². The summed E-state index contributed by atoms with van der Waals surface area (Å²) in [4.78, 5) is 15.9. The van der Waals surface area contributed by atoms with E-state index in [1.54, 1.807) is 35.1 Å². The van der Waals surface area contributed by atoms with Crippen LogP contribution in [0, 0.1) is 0 Å². The smallest absolute Gasteiger partial charge is 0.337 e. The van der Waals surface area contributed by atoms with Crippen molar-refractivity contribution in [2.45, 2.75) is 0 Å². The van der Waals surface area contributed by atoms with Crippen LogP contribution < -0.4 is 0 Å². The number of carbonyl (C=O) groups excluding carboxylic acids is 1. The average molecular weight is 319 g/mol. The maximum absolute atomic E-state index is 11.5. The van der Waals surface area contributed by atoms with Crippen LogP contribution in [0.2, 0.25) is 0 Å². The normalized spacial score (nSPS) is 10.9. The first-order valence-corrected chi connectivity index (χ1v) is 7.34. The first kappa shape index (κ1) is 14.2. The summed E-state index contributed by atoms with van der Waals surface area (Å²) in [5.74, 6) is 0.155. The van der Waals surface area contributed by atoms with E-state index < -0.39 is 0 Å². The summed E-state index contributed by atoms with van der Waals surface area (Å²) in [6.07, 6.45) is 3.52. The zero-order valence-corrected chi connectivity index (χ0v) is 12.8. The van der Waals surface area contributed by atoms with Crippen molar-refractivity contribution in [2.24, 2.45) is 0 Å².